The number of ether oxygens (including phenoxy) is 1. The van der Waals surface area contributed by atoms with Gasteiger partial charge in [0.2, 0.25) is 5.91 Å². The smallest absolute Gasteiger partial charge is 0.244 e. The standard InChI is InChI=1S/C17H24N2O2/c1-12-8-9-18-14(11-12)17(20)19-10-4-6-13-5-3-7-15(21-2)16(13)19/h3,5,7,12,14,18H,4,6,8-11H2,1-2H3. The third-order valence-corrected chi connectivity index (χ3v) is 4.63. The van der Waals surface area contributed by atoms with Crippen molar-refractivity contribution in [2.45, 2.75) is 38.6 Å². The number of piperidine rings is 1. The van der Waals surface area contributed by atoms with Gasteiger partial charge in [0.1, 0.15) is 5.75 Å². The minimum atomic E-state index is -0.0513. The number of amides is 1. The number of hydrogen-bond acceptors (Lipinski definition) is 3. The number of hydrogen-bond donors (Lipinski definition) is 1. The molecule has 21 heavy (non-hydrogen) atoms. The summed E-state index contributed by atoms with van der Waals surface area (Å²) in [7, 11) is 1.67. The Morgan fingerprint density at radius 3 is 3.05 bits per heavy atom. The molecule has 1 aromatic rings. The Hall–Kier alpha value is -1.55. The number of nitrogens with one attached hydrogen (secondary N) is 1. The van der Waals surface area contributed by atoms with Crippen molar-refractivity contribution >= 4 is 11.6 Å². The van der Waals surface area contributed by atoms with Crippen LogP contribution >= 0.6 is 0 Å². The largest absolute Gasteiger partial charge is 0.495 e. The predicted molar refractivity (Wildman–Crippen MR) is 83.9 cm³/mol. The van der Waals surface area contributed by atoms with Gasteiger partial charge in [-0.05, 0) is 49.8 Å². The molecule has 1 fully saturated rings. The number of benzene rings is 1. The number of para-hydroxylation sites is 1. The van der Waals surface area contributed by atoms with Gasteiger partial charge >= 0.3 is 0 Å². The molecule has 0 radical (unpaired) electrons. The van der Waals surface area contributed by atoms with E-state index in [1.165, 1.54) is 5.56 Å². The maximum Gasteiger partial charge on any atom is 0.244 e. The molecule has 1 aromatic carbocycles. The summed E-state index contributed by atoms with van der Waals surface area (Å²) in [5.41, 5.74) is 2.20. The van der Waals surface area contributed by atoms with E-state index in [0.717, 1.165) is 50.2 Å². The van der Waals surface area contributed by atoms with Crippen molar-refractivity contribution in [3.63, 3.8) is 0 Å². The Balaban J connectivity index is 1.89. The number of carbonyl (C=O) groups is 1. The monoisotopic (exact) mass is 288 g/mol. The summed E-state index contributed by atoms with van der Waals surface area (Å²) in [6.45, 7) is 3.95. The molecule has 0 saturated carbocycles. The fraction of sp³-hybridized carbons (Fsp3) is 0.588. The van der Waals surface area contributed by atoms with Gasteiger partial charge in [0.05, 0.1) is 18.8 Å². The lowest BCUT2D eigenvalue weighted by Crippen LogP contribution is -2.51. The molecule has 1 saturated heterocycles. The second kappa shape index (κ2) is 6.06. The molecule has 2 aliphatic rings. The van der Waals surface area contributed by atoms with Crippen molar-refractivity contribution in [1.82, 2.24) is 5.32 Å². The zero-order valence-corrected chi connectivity index (χ0v) is 12.9. The van der Waals surface area contributed by atoms with E-state index in [-0.39, 0.29) is 11.9 Å². The van der Waals surface area contributed by atoms with Crippen molar-refractivity contribution in [3.05, 3.63) is 23.8 Å². The van der Waals surface area contributed by atoms with Crippen LogP contribution in [0, 0.1) is 5.92 Å². The number of fused-ring (bicyclic) bond motifs is 1. The fourth-order valence-corrected chi connectivity index (χ4v) is 3.48. The quantitative estimate of drug-likeness (QED) is 0.908. The summed E-state index contributed by atoms with van der Waals surface area (Å²) in [5.74, 6) is 1.62. The lowest BCUT2D eigenvalue weighted by molar-refractivity contribution is -0.121. The lowest BCUT2D eigenvalue weighted by Gasteiger charge is -2.36. The maximum atomic E-state index is 12.9. The molecule has 1 N–H and O–H groups in total. The minimum Gasteiger partial charge on any atom is -0.495 e. The highest BCUT2D eigenvalue weighted by molar-refractivity contribution is 5.99. The lowest BCUT2D eigenvalue weighted by atomic mass is 9.92. The van der Waals surface area contributed by atoms with Gasteiger partial charge in [0.15, 0.2) is 0 Å². The molecule has 0 bridgehead atoms. The van der Waals surface area contributed by atoms with Crippen LogP contribution in [-0.4, -0.2) is 32.1 Å². The first-order valence-electron chi connectivity index (χ1n) is 7.91. The number of rotatable bonds is 2. The van der Waals surface area contributed by atoms with Crippen LogP contribution in [-0.2, 0) is 11.2 Å². The van der Waals surface area contributed by atoms with Gasteiger partial charge in [-0.15, -0.1) is 0 Å². The summed E-state index contributed by atoms with van der Waals surface area (Å²) >= 11 is 0. The summed E-state index contributed by atoms with van der Waals surface area (Å²) < 4.78 is 5.49. The van der Waals surface area contributed by atoms with Gasteiger partial charge in [0.25, 0.3) is 0 Å². The van der Waals surface area contributed by atoms with Gasteiger partial charge in [-0.3, -0.25) is 4.79 Å². The van der Waals surface area contributed by atoms with Crippen molar-refractivity contribution in [2.24, 2.45) is 5.92 Å². The molecule has 0 aliphatic carbocycles. The first kappa shape index (κ1) is 14.4. The molecule has 2 aliphatic heterocycles. The number of methoxy groups -OCH3 is 1. The van der Waals surface area contributed by atoms with Crippen molar-refractivity contribution in [2.75, 3.05) is 25.1 Å². The topological polar surface area (TPSA) is 41.6 Å². The molecule has 2 unspecified atom stereocenters. The molecular formula is C17H24N2O2. The molecular weight excluding hydrogens is 264 g/mol. The van der Waals surface area contributed by atoms with Crippen LogP contribution < -0.4 is 15.0 Å². The van der Waals surface area contributed by atoms with Crippen molar-refractivity contribution in [3.8, 4) is 5.75 Å². The number of anilines is 1. The number of nitrogens with zero attached hydrogens (tertiary/aromatic N) is 1. The van der Waals surface area contributed by atoms with Crippen LogP contribution in [0.2, 0.25) is 0 Å². The van der Waals surface area contributed by atoms with E-state index in [2.05, 4.69) is 18.3 Å². The molecule has 0 spiro atoms. The van der Waals surface area contributed by atoms with E-state index < -0.39 is 0 Å². The average Bonchev–Trinajstić information content (AvgIpc) is 2.53. The molecule has 0 aromatic heterocycles. The van der Waals surface area contributed by atoms with Gasteiger partial charge in [-0.1, -0.05) is 19.1 Å². The van der Waals surface area contributed by atoms with Gasteiger partial charge in [-0.2, -0.15) is 0 Å². The Bertz CT molecular complexity index is 515. The van der Waals surface area contributed by atoms with Crippen molar-refractivity contribution < 1.29 is 9.53 Å². The zero-order valence-electron chi connectivity index (χ0n) is 12.9. The highest BCUT2D eigenvalue weighted by Gasteiger charge is 2.32. The van der Waals surface area contributed by atoms with Crippen LogP contribution in [0.4, 0.5) is 5.69 Å². The molecule has 114 valence electrons. The molecule has 3 rings (SSSR count). The van der Waals surface area contributed by atoms with Crippen LogP contribution in [0.1, 0.15) is 31.7 Å². The molecule has 2 atom stereocenters. The second-order valence-corrected chi connectivity index (χ2v) is 6.20. The van der Waals surface area contributed by atoms with E-state index in [0.29, 0.717) is 5.92 Å². The maximum absolute atomic E-state index is 12.9. The van der Waals surface area contributed by atoms with Crippen molar-refractivity contribution in [1.29, 1.82) is 0 Å². The first-order valence-corrected chi connectivity index (χ1v) is 7.91. The van der Waals surface area contributed by atoms with Crippen LogP contribution in [0.25, 0.3) is 0 Å². The predicted octanol–water partition coefficient (Wildman–Crippen LogP) is 2.36. The Morgan fingerprint density at radius 1 is 1.43 bits per heavy atom. The summed E-state index contributed by atoms with van der Waals surface area (Å²) in [5, 5.41) is 3.38. The van der Waals surface area contributed by atoms with Crippen LogP contribution in [0.15, 0.2) is 18.2 Å². The Kier molecular flexibility index (Phi) is 4.15. The normalized spacial score (nSPS) is 25.3. The van der Waals surface area contributed by atoms with E-state index >= 15 is 0 Å². The third kappa shape index (κ3) is 2.77. The second-order valence-electron chi connectivity index (χ2n) is 6.20. The zero-order chi connectivity index (χ0) is 14.8. The average molecular weight is 288 g/mol. The third-order valence-electron chi connectivity index (χ3n) is 4.63. The fourth-order valence-electron chi connectivity index (χ4n) is 3.48. The summed E-state index contributed by atoms with van der Waals surface area (Å²) in [4.78, 5) is 14.9. The van der Waals surface area contributed by atoms with E-state index in [1.54, 1.807) is 7.11 Å². The SMILES string of the molecule is COc1cccc2c1N(C(=O)C1CC(C)CCN1)CCC2. The number of aryl methyl sites for hydroxylation is 1. The summed E-state index contributed by atoms with van der Waals surface area (Å²) in [6.07, 6.45) is 4.13. The van der Waals surface area contributed by atoms with E-state index in [9.17, 15) is 4.79 Å². The first-order chi connectivity index (χ1) is 10.2. The Labute approximate surface area is 126 Å². The molecule has 4 nitrogen and oxygen atoms in total. The highest BCUT2D eigenvalue weighted by Crippen LogP contribution is 2.36. The molecule has 1 amide bonds. The van der Waals surface area contributed by atoms with Gasteiger partial charge < -0.3 is 15.0 Å². The Morgan fingerprint density at radius 2 is 2.29 bits per heavy atom. The van der Waals surface area contributed by atoms with E-state index in [4.69, 9.17) is 4.74 Å². The molecule has 4 heteroatoms. The molecule has 2 heterocycles. The highest BCUT2D eigenvalue weighted by atomic mass is 16.5. The summed E-state index contributed by atoms with van der Waals surface area (Å²) in [6, 6.07) is 6.01. The van der Waals surface area contributed by atoms with Gasteiger partial charge in [-0.25, -0.2) is 0 Å². The van der Waals surface area contributed by atoms with Crippen LogP contribution in [0.3, 0.4) is 0 Å². The minimum absolute atomic E-state index is 0.0513. The number of carbonyl (C=O) groups excluding carboxylic acids is 1. The van der Waals surface area contributed by atoms with E-state index in [1.807, 2.05) is 17.0 Å². The van der Waals surface area contributed by atoms with Gasteiger partial charge in [0, 0.05) is 6.54 Å². The van der Waals surface area contributed by atoms with Crippen LogP contribution in [0.5, 0.6) is 5.75 Å².